The van der Waals surface area contributed by atoms with Crippen molar-refractivity contribution < 1.29 is 53.1 Å². The smallest absolute Gasteiger partial charge is 0.388 e. The molecule has 0 aliphatic heterocycles. The van der Waals surface area contributed by atoms with E-state index in [1.54, 1.807) is 0 Å². The van der Waals surface area contributed by atoms with E-state index < -0.39 is 52.6 Å². The highest BCUT2D eigenvalue weighted by Crippen LogP contribution is 2.45. The number of rotatable bonds is 4. The quantitative estimate of drug-likeness (QED) is 0.268. The molecule has 0 amide bonds. The predicted molar refractivity (Wildman–Crippen MR) is 56.5 cm³/mol. The molecule has 0 spiro atoms. The molecule has 1 aliphatic rings. The Morgan fingerprint density at radius 2 is 1.05 bits per heavy atom. The van der Waals surface area contributed by atoms with Gasteiger partial charge in [-0.15, -0.1) is 0 Å². The van der Waals surface area contributed by atoms with Crippen LogP contribution in [0, 0.1) is 0 Å². The largest absolute Gasteiger partial charge is 0.469 e. The van der Waals surface area contributed by atoms with Crippen molar-refractivity contribution in [2.45, 2.75) is 36.9 Å². The molecule has 1 aliphatic carbocycles. The third-order valence-electron chi connectivity index (χ3n) is 2.47. The van der Waals surface area contributed by atoms with Gasteiger partial charge in [-0.2, -0.15) is 0 Å². The molecule has 5 atom stereocenters. The number of aliphatic hydroxyl groups is 3. The highest BCUT2D eigenvalue weighted by molar-refractivity contribution is 7.46. The molecule has 0 aromatic rings. The molecule has 0 aromatic heterocycles. The summed E-state index contributed by atoms with van der Waals surface area (Å²) in [5.41, 5.74) is 0. The second-order valence-corrected chi connectivity index (χ2v) is 6.36. The van der Waals surface area contributed by atoms with Gasteiger partial charge in [-0.1, -0.05) is 0 Å². The van der Waals surface area contributed by atoms with Gasteiger partial charge in [0, 0.05) is 6.42 Å². The fourth-order valence-corrected chi connectivity index (χ4v) is 2.84. The summed E-state index contributed by atoms with van der Waals surface area (Å²) in [5, 5.41) is 28.3. The van der Waals surface area contributed by atoms with Crippen molar-refractivity contribution in [2.75, 3.05) is 0 Å². The van der Waals surface area contributed by atoms with E-state index in [1.807, 2.05) is 0 Å². The van der Waals surface area contributed by atoms with Gasteiger partial charge in [0.15, 0.2) is 0 Å². The lowest BCUT2D eigenvalue weighted by Gasteiger charge is -2.39. The van der Waals surface area contributed by atoms with Gasteiger partial charge >= 0.3 is 15.6 Å². The molecule has 1 rings (SSSR count). The first-order valence-electron chi connectivity index (χ1n) is 4.93. The number of hydrogen-bond acceptors (Lipinski definition) is 7. The van der Waals surface area contributed by atoms with Crippen molar-refractivity contribution in [1.29, 1.82) is 0 Å². The third kappa shape index (κ3) is 5.18. The first kappa shape index (κ1) is 17.2. The summed E-state index contributed by atoms with van der Waals surface area (Å²) in [6, 6.07) is 0. The first-order chi connectivity index (χ1) is 8.41. The van der Waals surface area contributed by atoms with Gasteiger partial charge in [0.05, 0.1) is 0 Å². The van der Waals surface area contributed by atoms with E-state index in [1.165, 1.54) is 0 Å². The van der Waals surface area contributed by atoms with Crippen molar-refractivity contribution in [1.82, 2.24) is 0 Å². The summed E-state index contributed by atoms with van der Waals surface area (Å²) in [7, 11) is -10.00. The first-order valence-corrected chi connectivity index (χ1v) is 7.99. The van der Waals surface area contributed by atoms with Crippen LogP contribution in [0.25, 0.3) is 0 Å². The molecule has 1 fully saturated rings. The molecule has 0 bridgehead atoms. The van der Waals surface area contributed by atoms with E-state index in [0.717, 1.165) is 0 Å². The summed E-state index contributed by atoms with van der Waals surface area (Å²) in [4.78, 5) is 34.4. The van der Waals surface area contributed by atoms with Gasteiger partial charge in [0.2, 0.25) is 0 Å². The summed E-state index contributed by atoms with van der Waals surface area (Å²) < 4.78 is 29.6. The SMILES string of the molecule is O=P(O)(O)O[C@H]1C[C@@H](OP(=O)(O)O)[C@H](O)C(O)[C@H]1O. The van der Waals surface area contributed by atoms with Crippen LogP contribution in [0.4, 0.5) is 0 Å². The van der Waals surface area contributed by atoms with E-state index in [-0.39, 0.29) is 0 Å². The minimum absolute atomic E-state index is 0.629. The standard InChI is InChI=1S/C6H14O11P2/c7-4-2(16-18(10,11)12)1-3(5(8)6(4)9)17-19(13,14)15/h2-9H,1H2,(H2,10,11,12)(H2,13,14,15)/t2-,3+,4-,5-,6?/m0/s1. The Morgan fingerprint density at radius 3 is 1.32 bits per heavy atom. The van der Waals surface area contributed by atoms with Crippen molar-refractivity contribution in [3.05, 3.63) is 0 Å². The lowest BCUT2D eigenvalue weighted by molar-refractivity contribution is -0.170. The highest BCUT2D eigenvalue weighted by atomic mass is 31.2. The molecule has 0 aromatic carbocycles. The molecule has 19 heavy (non-hydrogen) atoms. The van der Waals surface area contributed by atoms with E-state index >= 15 is 0 Å². The van der Waals surface area contributed by atoms with Crippen LogP contribution in [0.2, 0.25) is 0 Å². The van der Waals surface area contributed by atoms with Crippen LogP contribution < -0.4 is 0 Å². The molecule has 1 saturated carbocycles. The maximum atomic E-state index is 10.6. The maximum absolute atomic E-state index is 10.6. The third-order valence-corrected chi connectivity index (χ3v) is 3.56. The molecule has 114 valence electrons. The summed E-state index contributed by atoms with van der Waals surface area (Å²) in [5.74, 6) is 0. The van der Waals surface area contributed by atoms with E-state index in [0.29, 0.717) is 0 Å². The summed E-state index contributed by atoms with van der Waals surface area (Å²) in [6.45, 7) is 0. The predicted octanol–water partition coefficient (Wildman–Crippen LogP) is -2.57. The number of phosphoric ester groups is 2. The van der Waals surface area contributed by atoms with Gasteiger partial charge in [-0.3, -0.25) is 9.05 Å². The Labute approximate surface area is 106 Å². The monoisotopic (exact) mass is 324 g/mol. The molecule has 11 nitrogen and oxygen atoms in total. The lowest BCUT2D eigenvalue weighted by Crippen LogP contribution is -2.56. The van der Waals surface area contributed by atoms with Crippen LogP contribution in [-0.4, -0.2) is 65.4 Å². The van der Waals surface area contributed by atoms with Crippen molar-refractivity contribution >= 4 is 15.6 Å². The molecule has 0 heterocycles. The van der Waals surface area contributed by atoms with E-state index in [9.17, 15) is 24.4 Å². The zero-order valence-corrected chi connectivity index (χ0v) is 11.0. The average molecular weight is 324 g/mol. The second-order valence-electron chi connectivity index (χ2n) is 3.98. The molecule has 7 N–H and O–H groups in total. The molecule has 0 saturated heterocycles. The van der Waals surface area contributed by atoms with Gasteiger partial charge in [-0.05, 0) is 0 Å². The Hall–Kier alpha value is 0.1000. The zero-order chi connectivity index (χ0) is 15.0. The van der Waals surface area contributed by atoms with Crippen LogP contribution in [0.15, 0.2) is 0 Å². The molecule has 0 radical (unpaired) electrons. The normalized spacial score (nSPS) is 37.3. The fraction of sp³-hybridized carbons (Fsp3) is 1.00. The van der Waals surface area contributed by atoms with Crippen LogP contribution in [0.5, 0.6) is 0 Å². The molecule has 13 heteroatoms. The van der Waals surface area contributed by atoms with Gasteiger partial charge in [0.25, 0.3) is 0 Å². The van der Waals surface area contributed by atoms with E-state index in [4.69, 9.17) is 19.6 Å². The average Bonchev–Trinajstić information content (AvgIpc) is 2.18. The topological polar surface area (TPSA) is 194 Å². The number of aliphatic hydroxyl groups excluding tert-OH is 3. The van der Waals surface area contributed by atoms with Gasteiger partial charge in [0.1, 0.15) is 30.5 Å². The van der Waals surface area contributed by atoms with Crippen LogP contribution in [0.1, 0.15) is 6.42 Å². The lowest BCUT2D eigenvalue weighted by atomic mass is 9.87. The minimum Gasteiger partial charge on any atom is -0.388 e. The molecular formula is C6H14O11P2. The van der Waals surface area contributed by atoms with Crippen LogP contribution >= 0.6 is 15.6 Å². The number of phosphoric acid groups is 2. The van der Waals surface area contributed by atoms with Crippen LogP contribution in [0.3, 0.4) is 0 Å². The van der Waals surface area contributed by atoms with E-state index in [2.05, 4.69) is 9.05 Å². The fourth-order valence-electron chi connectivity index (χ4n) is 1.71. The highest BCUT2D eigenvalue weighted by Gasteiger charge is 2.47. The minimum atomic E-state index is -5.00. The zero-order valence-electron chi connectivity index (χ0n) is 9.25. The molecule has 1 unspecified atom stereocenters. The Balaban J connectivity index is 2.85. The van der Waals surface area contributed by atoms with Crippen molar-refractivity contribution in [2.24, 2.45) is 0 Å². The van der Waals surface area contributed by atoms with Crippen LogP contribution in [-0.2, 0) is 18.2 Å². The summed E-state index contributed by atoms with van der Waals surface area (Å²) in [6.07, 6.45) is -9.58. The maximum Gasteiger partial charge on any atom is 0.469 e. The Bertz CT molecular complexity index is 364. The van der Waals surface area contributed by atoms with Gasteiger partial charge in [-0.25, -0.2) is 9.13 Å². The molecular weight excluding hydrogens is 310 g/mol. The number of hydrogen-bond donors (Lipinski definition) is 7. The summed E-state index contributed by atoms with van der Waals surface area (Å²) >= 11 is 0. The van der Waals surface area contributed by atoms with Gasteiger partial charge < -0.3 is 34.9 Å². The van der Waals surface area contributed by atoms with Crippen molar-refractivity contribution in [3.8, 4) is 0 Å². The Kier molecular flexibility index (Phi) is 5.27. The van der Waals surface area contributed by atoms with Crippen molar-refractivity contribution in [3.63, 3.8) is 0 Å². The second kappa shape index (κ2) is 5.84. The Morgan fingerprint density at radius 1 is 0.737 bits per heavy atom.